The van der Waals surface area contributed by atoms with Crippen LogP contribution < -0.4 is 9.64 Å². The Morgan fingerprint density at radius 2 is 1.13 bits per heavy atom. The largest absolute Gasteiger partial charge is 0.453 e. The van der Waals surface area contributed by atoms with E-state index in [-0.39, 0.29) is 0 Å². The lowest BCUT2D eigenvalue weighted by atomic mass is 10.0. The third-order valence-electron chi connectivity index (χ3n) is 7.19. The molecule has 0 saturated carbocycles. The van der Waals surface area contributed by atoms with Crippen molar-refractivity contribution in [2.24, 2.45) is 0 Å². The van der Waals surface area contributed by atoms with Gasteiger partial charge in [-0.25, -0.2) is 4.98 Å². The van der Waals surface area contributed by atoms with Crippen molar-refractivity contribution in [1.82, 2.24) is 9.36 Å². The van der Waals surface area contributed by atoms with Gasteiger partial charge in [0, 0.05) is 16.8 Å². The molecule has 0 amide bonds. The summed E-state index contributed by atoms with van der Waals surface area (Å²) in [6, 6.07) is 44.1. The molecule has 1 aromatic heterocycles. The molecular formula is C34H21N3OS. The molecule has 2 heterocycles. The number of fused-ring (bicyclic) bond motifs is 4. The van der Waals surface area contributed by atoms with Crippen molar-refractivity contribution in [2.75, 3.05) is 4.90 Å². The van der Waals surface area contributed by atoms with Crippen LogP contribution in [0, 0.1) is 0 Å². The number of anilines is 3. The van der Waals surface area contributed by atoms with Crippen molar-refractivity contribution in [3.8, 4) is 33.5 Å². The minimum absolute atomic E-state index is 0.739. The van der Waals surface area contributed by atoms with Gasteiger partial charge in [-0.1, -0.05) is 60.7 Å². The second kappa shape index (κ2) is 8.79. The maximum Gasteiger partial charge on any atom is 0.173 e. The molecular weight excluding hydrogens is 498 g/mol. The van der Waals surface area contributed by atoms with E-state index in [0.29, 0.717) is 0 Å². The summed E-state index contributed by atoms with van der Waals surface area (Å²) in [7, 11) is 0. The van der Waals surface area contributed by atoms with E-state index in [1.54, 1.807) is 0 Å². The molecule has 0 N–H and O–H groups in total. The van der Waals surface area contributed by atoms with E-state index in [9.17, 15) is 0 Å². The molecule has 4 nitrogen and oxygen atoms in total. The van der Waals surface area contributed by atoms with Gasteiger partial charge in [0.2, 0.25) is 0 Å². The average molecular weight is 520 g/mol. The minimum atomic E-state index is 0.739. The van der Waals surface area contributed by atoms with Crippen molar-refractivity contribution in [2.45, 2.75) is 0 Å². The summed E-state index contributed by atoms with van der Waals surface area (Å²) in [5.74, 6) is 2.42. The lowest BCUT2D eigenvalue weighted by molar-refractivity contribution is 0.477. The summed E-state index contributed by atoms with van der Waals surface area (Å²) in [5, 5.41) is 5.84. The molecule has 184 valence electrons. The molecule has 0 radical (unpaired) electrons. The Hall–Kier alpha value is -5.00. The second-order valence-corrected chi connectivity index (χ2v) is 10.4. The molecule has 0 fully saturated rings. The zero-order chi connectivity index (χ0) is 25.8. The fraction of sp³-hybridized carbons (Fsp3) is 0. The zero-order valence-corrected chi connectivity index (χ0v) is 21.6. The van der Waals surface area contributed by atoms with E-state index in [1.807, 2.05) is 36.4 Å². The van der Waals surface area contributed by atoms with Gasteiger partial charge < -0.3 is 9.64 Å². The lowest BCUT2D eigenvalue weighted by Gasteiger charge is -2.32. The summed E-state index contributed by atoms with van der Waals surface area (Å²) >= 11 is 1.44. The van der Waals surface area contributed by atoms with Crippen LogP contribution in [0.15, 0.2) is 127 Å². The summed E-state index contributed by atoms with van der Waals surface area (Å²) in [6.45, 7) is 0. The van der Waals surface area contributed by atoms with E-state index >= 15 is 0 Å². The quantitative estimate of drug-likeness (QED) is 0.218. The highest BCUT2D eigenvalue weighted by molar-refractivity contribution is 7.09. The maximum absolute atomic E-state index is 6.15. The van der Waals surface area contributed by atoms with Crippen LogP contribution in [-0.4, -0.2) is 9.36 Å². The molecule has 0 atom stereocenters. The van der Waals surface area contributed by atoms with Gasteiger partial charge in [-0.15, -0.1) is 0 Å². The SMILES string of the molecule is c1ccc2c(c1)Oc1ccccc1N2c1ccc(-c2nsc(-c3ccc4cc5ccccc5cc4c3)n2)cc1. The van der Waals surface area contributed by atoms with Crippen LogP contribution in [0.5, 0.6) is 11.5 Å². The van der Waals surface area contributed by atoms with E-state index < -0.39 is 0 Å². The summed E-state index contributed by atoms with van der Waals surface area (Å²) in [4.78, 5) is 7.14. The van der Waals surface area contributed by atoms with Crippen molar-refractivity contribution in [1.29, 1.82) is 0 Å². The highest BCUT2D eigenvalue weighted by atomic mass is 32.1. The number of hydrogen-bond acceptors (Lipinski definition) is 5. The van der Waals surface area contributed by atoms with Crippen LogP contribution in [0.4, 0.5) is 17.1 Å². The Labute approximate surface area is 229 Å². The average Bonchev–Trinajstić information content (AvgIpc) is 3.49. The molecule has 0 spiro atoms. The number of ether oxygens (including phenoxy) is 1. The maximum atomic E-state index is 6.15. The molecule has 39 heavy (non-hydrogen) atoms. The monoisotopic (exact) mass is 519 g/mol. The first kappa shape index (κ1) is 22.0. The predicted molar refractivity (Wildman–Crippen MR) is 161 cm³/mol. The van der Waals surface area contributed by atoms with Gasteiger partial charge in [-0.05, 0) is 99.8 Å². The number of benzene rings is 6. The first-order chi connectivity index (χ1) is 19.3. The first-order valence-corrected chi connectivity index (χ1v) is 13.6. The van der Waals surface area contributed by atoms with Crippen LogP contribution in [0.25, 0.3) is 43.5 Å². The second-order valence-electron chi connectivity index (χ2n) is 9.60. The number of nitrogens with zero attached hydrogens (tertiary/aromatic N) is 3. The Morgan fingerprint density at radius 3 is 1.85 bits per heavy atom. The Morgan fingerprint density at radius 1 is 0.538 bits per heavy atom. The van der Waals surface area contributed by atoms with Crippen LogP contribution in [0.2, 0.25) is 0 Å². The third-order valence-corrected chi connectivity index (χ3v) is 7.96. The van der Waals surface area contributed by atoms with Gasteiger partial charge >= 0.3 is 0 Å². The van der Waals surface area contributed by atoms with E-state index in [1.165, 1.54) is 33.1 Å². The fourth-order valence-corrected chi connectivity index (χ4v) is 5.95. The number of para-hydroxylation sites is 4. The van der Waals surface area contributed by atoms with Gasteiger partial charge in [0.05, 0.1) is 11.4 Å². The molecule has 5 heteroatoms. The molecule has 7 aromatic rings. The lowest BCUT2D eigenvalue weighted by Crippen LogP contribution is -2.15. The number of aromatic nitrogens is 2. The van der Waals surface area contributed by atoms with Crippen LogP contribution in [0.1, 0.15) is 0 Å². The molecule has 0 saturated heterocycles. The van der Waals surface area contributed by atoms with Gasteiger partial charge in [-0.2, -0.15) is 4.37 Å². The molecule has 1 aliphatic rings. The summed E-state index contributed by atoms with van der Waals surface area (Å²) in [6.07, 6.45) is 0. The van der Waals surface area contributed by atoms with Crippen molar-refractivity contribution in [3.05, 3.63) is 127 Å². The molecule has 1 aliphatic heterocycles. The highest BCUT2D eigenvalue weighted by Gasteiger charge is 2.25. The number of rotatable bonds is 3. The standard InChI is InChI=1S/C34H21N3OS/c1-2-8-24-20-27-21-26(14-13-25(27)19-23(24)7-1)34-35-33(36-39-34)22-15-17-28(18-16-22)37-29-9-3-5-11-31(29)38-32-12-6-4-10-30(32)37/h1-21H. The first-order valence-electron chi connectivity index (χ1n) is 12.8. The van der Waals surface area contributed by atoms with E-state index in [2.05, 4.69) is 95.9 Å². The van der Waals surface area contributed by atoms with Crippen LogP contribution in [0.3, 0.4) is 0 Å². The summed E-state index contributed by atoms with van der Waals surface area (Å²) < 4.78 is 10.9. The predicted octanol–water partition coefficient (Wildman–Crippen LogP) is 9.75. The van der Waals surface area contributed by atoms with Crippen molar-refractivity contribution in [3.63, 3.8) is 0 Å². The van der Waals surface area contributed by atoms with Gasteiger partial charge in [-0.3, -0.25) is 0 Å². The number of hydrogen-bond donors (Lipinski definition) is 0. The van der Waals surface area contributed by atoms with E-state index in [4.69, 9.17) is 14.1 Å². The van der Waals surface area contributed by atoms with Gasteiger partial charge in [0.25, 0.3) is 0 Å². The molecule has 0 aliphatic carbocycles. The molecule has 0 unspecified atom stereocenters. The van der Waals surface area contributed by atoms with Crippen molar-refractivity contribution >= 4 is 50.1 Å². The topological polar surface area (TPSA) is 38.2 Å². The normalized spacial score (nSPS) is 12.3. The minimum Gasteiger partial charge on any atom is -0.453 e. The van der Waals surface area contributed by atoms with Gasteiger partial charge in [0.15, 0.2) is 17.3 Å². The van der Waals surface area contributed by atoms with Gasteiger partial charge in [0.1, 0.15) is 5.01 Å². The third kappa shape index (κ3) is 3.75. The Bertz CT molecular complexity index is 1970. The molecule has 0 bridgehead atoms. The molecule has 6 aromatic carbocycles. The Kier molecular flexibility index (Phi) is 4.96. The zero-order valence-electron chi connectivity index (χ0n) is 20.8. The smallest absolute Gasteiger partial charge is 0.173 e. The van der Waals surface area contributed by atoms with E-state index in [0.717, 1.165) is 50.5 Å². The highest BCUT2D eigenvalue weighted by Crippen LogP contribution is 2.50. The van der Waals surface area contributed by atoms with Crippen LogP contribution in [-0.2, 0) is 0 Å². The fourth-order valence-electron chi connectivity index (χ4n) is 5.27. The van der Waals surface area contributed by atoms with Crippen LogP contribution >= 0.6 is 11.5 Å². The summed E-state index contributed by atoms with van der Waals surface area (Å²) in [5.41, 5.74) is 5.16. The Balaban J connectivity index is 1.13. The molecule has 8 rings (SSSR count). The van der Waals surface area contributed by atoms with Crippen molar-refractivity contribution < 1.29 is 4.74 Å².